The van der Waals surface area contributed by atoms with E-state index in [1.807, 2.05) is 37.0 Å². The van der Waals surface area contributed by atoms with Crippen molar-refractivity contribution in [3.63, 3.8) is 0 Å². The fraction of sp³-hybridized carbons (Fsp3) is 0.562. The molecule has 116 valence electrons. The molecule has 2 rings (SSSR count). The molecular formula is C16H25N3OS. The summed E-state index contributed by atoms with van der Waals surface area (Å²) in [6.07, 6.45) is 3.80. The van der Waals surface area contributed by atoms with Crippen molar-refractivity contribution in [1.82, 2.24) is 10.6 Å². The Bertz CT molecular complexity index is 461. The van der Waals surface area contributed by atoms with Crippen LogP contribution in [0.25, 0.3) is 0 Å². The van der Waals surface area contributed by atoms with Crippen molar-refractivity contribution < 1.29 is 4.79 Å². The van der Waals surface area contributed by atoms with Gasteiger partial charge in [-0.15, -0.1) is 0 Å². The zero-order valence-electron chi connectivity index (χ0n) is 12.8. The van der Waals surface area contributed by atoms with Crippen LogP contribution in [0.3, 0.4) is 0 Å². The highest BCUT2D eigenvalue weighted by atomic mass is 32.2. The molecule has 1 aliphatic rings. The number of anilines is 1. The van der Waals surface area contributed by atoms with E-state index in [0.717, 1.165) is 17.8 Å². The average molecular weight is 307 g/mol. The molecule has 1 heterocycles. The third-order valence-corrected chi connectivity index (χ3v) is 5.24. The van der Waals surface area contributed by atoms with Gasteiger partial charge in [-0.1, -0.05) is 18.6 Å². The summed E-state index contributed by atoms with van der Waals surface area (Å²) in [5, 5.41) is 9.66. The lowest BCUT2D eigenvalue weighted by molar-refractivity contribution is 0.252. The van der Waals surface area contributed by atoms with Gasteiger partial charge in [-0.3, -0.25) is 0 Å². The maximum Gasteiger partial charge on any atom is 0.319 e. The highest BCUT2D eigenvalue weighted by Crippen LogP contribution is 2.24. The van der Waals surface area contributed by atoms with E-state index in [9.17, 15) is 4.79 Å². The van der Waals surface area contributed by atoms with E-state index < -0.39 is 0 Å². The molecule has 0 aromatic heterocycles. The zero-order chi connectivity index (χ0) is 15.1. The molecule has 2 amide bonds. The van der Waals surface area contributed by atoms with Crippen molar-refractivity contribution in [1.29, 1.82) is 0 Å². The number of nitrogens with one attached hydrogen (secondary N) is 3. The minimum atomic E-state index is -0.115. The number of carbonyl (C=O) groups excluding carboxylic acids is 1. The van der Waals surface area contributed by atoms with Crippen LogP contribution < -0.4 is 16.0 Å². The fourth-order valence-electron chi connectivity index (χ4n) is 2.40. The molecule has 1 fully saturated rings. The third kappa shape index (κ3) is 5.25. The average Bonchev–Trinajstić information content (AvgIpc) is 2.53. The summed E-state index contributed by atoms with van der Waals surface area (Å²) in [6, 6.07) is 8.11. The van der Waals surface area contributed by atoms with E-state index >= 15 is 0 Å². The van der Waals surface area contributed by atoms with Crippen molar-refractivity contribution >= 4 is 23.5 Å². The fourth-order valence-corrected chi connectivity index (χ4v) is 3.64. The van der Waals surface area contributed by atoms with Crippen LogP contribution in [0.2, 0.25) is 0 Å². The summed E-state index contributed by atoms with van der Waals surface area (Å²) in [4.78, 5) is 12.0. The largest absolute Gasteiger partial charge is 0.337 e. The molecule has 0 radical (unpaired) electrons. The number of hydrogen-bond donors (Lipinski definition) is 3. The molecule has 2 unspecified atom stereocenters. The number of thioether (sulfide) groups is 1. The quantitative estimate of drug-likeness (QED) is 0.782. The van der Waals surface area contributed by atoms with E-state index in [4.69, 9.17) is 0 Å². The van der Waals surface area contributed by atoms with Crippen molar-refractivity contribution in [2.45, 2.75) is 37.5 Å². The number of hydrogen-bond acceptors (Lipinski definition) is 3. The maximum absolute atomic E-state index is 12.0. The second kappa shape index (κ2) is 8.29. The molecule has 1 saturated heterocycles. The van der Waals surface area contributed by atoms with Crippen molar-refractivity contribution in [3.05, 3.63) is 29.8 Å². The topological polar surface area (TPSA) is 53.2 Å². The van der Waals surface area contributed by atoms with Gasteiger partial charge in [-0.25, -0.2) is 4.79 Å². The number of rotatable bonds is 5. The highest BCUT2D eigenvalue weighted by Gasteiger charge is 2.14. The van der Waals surface area contributed by atoms with Gasteiger partial charge in [0.1, 0.15) is 0 Å². The first kappa shape index (κ1) is 16.2. The van der Waals surface area contributed by atoms with Crippen molar-refractivity contribution in [3.8, 4) is 0 Å². The molecule has 0 saturated carbocycles. The zero-order valence-corrected chi connectivity index (χ0v) is 13.6. The third-order valence-electron chi connectivity index (χ3n) is 3.84. The SMILES string of the molecule is CNC(C)c1cccc(NC(=O)NCC2CCCCS2)c1. The van der Waals surface area contributed by atoms with Gasteiger partial charge in [0, 0.05) is 23.5 Å². The van der Waals surface area contributed by atoms with Crippen LogP contribution in [0.5, 0.6) is 0 Å². The first-order chi connectivity index (χ1) is 10.2. The monoisotopic (exact) mass is 307 g/mol. The first-order valence-corrected chi connectivity index (χ1v) is 8.67. The summed E-state index contributed by atoms with van der Waals surface area (Å²) in [7, 11) is 1.93. The van der Waals surface area contributed by atoms with Crippen LogP contribution in [0.15, 0.2) is 24.3 Å². The molecule has 21 heavy (non-hydrogen) atoms. The molecule has 1 aromatic carbocycles. The predicted octanol–water partition coefficient (Wildman–Crippen LogP) is 3.37. The smallest absolute Gasteiger partial charge is 0.319 e. The highest BCUT2D eigenvalue weighted by molar-refractivity contribution is 7.99. The molecule has 1 aliphatic heterocycles. The van der Waals surface area contributed by atoms with E-state index in [0.29, 0.717) is 5.25 Å². The molecule has 1 aromatic rings. The Balaban J connectivity index is 1.81. The second-order valence-corrected chi connectivity index (χ2v) is 6.87. The van der Waals surface area contributed by atoms with Crippen LogP contribution in [0.1, 0.15) is 37.8 Å². The lowest BCUT2D eigenvalue weighted by Crippen LogP contribution is -2.35. The van der Waals surface area contributed by atoms with Crippen LogP contribution in [0.4, 0.5) is 10.5 Å². The Morgan fingerprint density at radius 1 is 1.43 bits per heavy atom. The Labute approximate surface area is 131 Å². The standard InChI is InChI=1S/C16H25N3OS/c1-12(17-2)13-6-5-7-14(10-13)19-16(20)18-11-15-8-3-4-9-21-15/h5-7,10,12,15,17H,3-4,8-9,11H2,1-2H3,(H2,18,19,20). The molecule has 2 atom stereocenters. The van der Waals surface area contributed by atoms with E-state index in [2.05, 4.69) is 28.9 Å². The van der Waals surface area contributed by atoms with Gasteiger partial charge in [0.2, 0.25) is 0 Å². The van der Waals surface area contributed by atoms with Crippen LogP contribution >= 0.6 is 11.8 Å². The summed E-state index contributed by atoms with van der Waals surface area (Å²) in [5.74, 6) is 1.22. The molecular weight excluding hydrogens is 282 g/mol. The van der Waals surface area contributed by atoms with Gasteiger partial charge >= 0.3 is 6.03 Å². The Morgan fingerprint density at radius 2 is 2.29 bits per heavy atom. The van der Waals surface area contributed by atoms with E-state index in [1.165, 1.54) is 25.0 Å². The van der Waals surface area contributed by atoms with Crippen molar-refractivity contribution in [2.24, 2.45) is 0 Å². The van der Waals surface area contributed by atoms with Gasteiger partial charge in [-0.05, 0) is 50.3 Å². The first-order valence-electron chi connectivity index (χ1n) is 7.62. The second-order valence-electron chi connectivity index (χ2n) is 5.46. The van der Waals surface area contributed by atoms with Gasteiger partial charge in [0.25, 0.3) is 0 Å². The lowest BCUT2D eigenvalue weighted by atomic mass is 10.1. The van der Waals surface area contributed by atoms with Crippen LogP contribution in [-0.4, -0.2) is 30.6 Å². The van der Waals surface area contributed by atoms with Crippen LogP contribution in [-0.2, 0) is 0 Å². The lowest BCUT2D eigenvalue weighted by Gasteiger charge is -2.21. The minimum Gasteiger partial charge on any atom is -0.337 e. The van der Waals surface area contributed by atoms with Gasteiger partial charge in [0.05, 0.1) is 0 Å². The van der Waals surface area contributed by atoms with Gasteiger partial charge < -0.3 is 16.0 Å². The van der Waals surface area contributed by atoms with E-state index in [-0.39, 0.29) is 12.1 Å². The number of urea groups is 1. The van der Waals surface area contributed by atoms with Crippen LogP contribution in [0, 0.1) is 0 Å². The minimum absolute atomic E-state index is 0.115. The summed E-state index contributed by atoms with van der Waals surface area (Å²) < 4.78 is 0. The summed E-state index contributed by atoms with van der Waals surface area (Å²) >= 11 is 1.97. The number of carbonyl (C=O) groups is 1. The molecule has 0 aliphatic carbocycles. The number of amides is 2. The Kier molecular flexibility index (Phi) is 6.39. The van der Waals surface area contributed by atoms with Crippen molar-refractivity contribution in [2.75, 3.05) is 24.7 Å². The maximum atomic E-state index is 12.0. The number of benzene rings is 1. The molecule has 0 bridgehead atoms. The summed E-state index contributed by atoms with van der Waals surface area (Å²) in [5.41, 5.74) is 2.00. The Hall–Kier alpha value is -1.20. The molecule has 3 N–H and O–H groups in total. The normalized spacial score (nSPS) is 19.8. The summed E-state index contributed by atoms with van der Waals surface area (Å²) in [6.45, 7) is 2.85. The molecule has 0 spiro atoms. The Morgan fingerprint density at radius 3 is 3.00 bits per heavy atom. The van der Waals surface area contributed by atoms with E-state index in [1.54, 1.807) is 0 Å². The molecule has 5 heteroatoms. The predicted molar refractivity (Wildman–Crippen MR) is 91.0 cm³/mol. The molecule has 4 nitrogen and oxygen atoms in total. The van der Waals surface area contributed by atoms with Gasteiger partial charge in [-0.2, -0.15) is 11.8 Å². The van der Waals surface area contributed by atoms with Gasteiger partial charge in [0.15, 0.2) is 0 Å².